The molecule has 0 aromatic carbocycles. The highest BCUT2D eigenvalue weighted by Crippen LogP contribution is 2.19. The lowest BCUT2D eigenvalue weighted by molar-refractivity contribution is 0.0485. The van der Waals surface area contributed by atoms with Crippen molar-refractivity contribution in [1.29, 1.82) is 0 Å². The average molecular weight is 391 g/mol. The second-order valence-electron chi connectivity index (χ2n) is 7.48. The first-order valence-electron chi connectivity index (χ1n) is 10.8. The molecule has 0 atom stereocenters. The summed E-state index contributed by atoms with van der Waals surface area (Å²) >= 11 is 0. The van der Waals surface area contributed by atoms with Crippen molar-refractivity contribution < 1.29 is 13.9 Å². The second kappa shape index (κ2) is 11.1. The summed E-state index contributed by atoms with van der Waals surface area (Å²) in [4.78, 5) is 21.2. The molecule has 1 aliphatic carbocycles. The van der Waals surface area contributed by atoms with E-state index in [4.69, 9.17) is 14.1 Å². The Morgan fingerprint density at radius 3 is 2.54 bits per heavy atom. The molecule has 156 valence electrons. The van der Waals surface area contributed by atoms with E-state index in [-0.39, 0.29) is 5.91 Å². The van der Waals surface area contributed by atoms with Gasteiger partial charge in [-0.2, -0.15) is 0 Å². The van der Waals surface area contributed by atoms with E-state index in [0.717, 1.165) is 25.6 Å². The summed E-state index contributed by atoms with van der Waals surface area (Å²) in [5.41, 5.74) is 0. The first-order valence-corrected chi connectivity index (χ1v) is 10.8. The van der Waals surface area contributed by atoms with Gasteiger partial charge in [0.1, 0.15) is 0 Å². The van der Waals surface area contributed by atoms with Crippen LogP contribution in [0.25, 0.3) is 0 Å². The fourth-order valence-electron chi connectivity index (χ4n) is 3.88. The van der Waals surface area contributed by atoms with Crippen molar-refractivity contribution in [3.63, 3.8) is 0 Å². The minimum atomic E-state index is -0.0385. The predicted octanol–water partition coefficient (Wildman–Crippen LogP) is 2.74. The summed E-state index contributed by atoms with van der Waals surface area (Å²) in [6, 6.07) is 3.46. The van der Waals surface area contributed by atoms with Crippen molar-refractivity contribution in [3.05, 3.63) is 24.2 Å². The van der Waals surface area contributed by atoms with E-state index in [9.17, 15) is 4.79 Å². The van der Waals surface area contributed by atoms with Crippen molar-refractivity contribution in [3.8, 4) is 0 Å². The van der Waals surface area contributed by atoms with Crippen molar-refractivity contribution in [2.24, 2.45) is 4.99 Å². The molecule has 1 aromatic rings. The Kier molecular flexibility index (Phi) is 8.21. The molecule has 0 spiro atoms. The van der Waals surface area contributed by atoms with Crippen LogP contribution in [-0.4, -0.2) is 73.6 Å². The van der Waals surface area contributed by atoms with Crippen LogP contribution in [0.2, 0.25) is 0 Å². The Bertz CT molecular complexity index is 601. The van der Waals surface area contributed by atoms with E-state index in [1.807, 2.05) is 4.90 Å². The zero-order chi connectivity index (χ0) is 19.6. The van der Waals surface area contributed by atoms with Gasteiger partial charge in [-0.15, -0.1) is 0 Å². The molecular formula is C21H34N4O3. The summed E-state index contributed by atoms with van der Waals surface area (Å²) < 4.78 is 11.3. The van der Waals surface area contributed by atoms with Crippen LogP contribution >= 0.6 is 0 Å². The summed E-state index contributed by atoms with van der Waals surface area (Å²) in [6.45, 7) is 7.12. The highest BCUT2D eigenvalue weighted by Gasteiger charge is 2.25. The van der Waals surface area contributed by atoms with Gasteiger partial charge >= 0.3 is 0 Å². The second-order valence-corrected chi connectivity index (χ2v) is 7.48. The Balaban J connectivity index is 1.44. The topological polar surface area (TPSA) is 70.3 Å². The molecule has 0 radical (unpaired) electrons. The van der Waals surface area contributed by atoms with Crippen LogP contribution in [0.1, 0.15) is 56.0 Å². The Morgan fingerprint density at radius 1 is 1.18 bits per heavy atom. The molecule has 0 bridgehead atoms. The van der Waals surface area contributed by atoms with Crippen LogP contribution in [0.4, 0.5) is 0 Å². The molecule has 7 nitrogen and oxygen atoms in total. The van der Waals surface area contributed by atoms with Gasteiger partial charge in [-0.05, 0) is 31.9 Å². The number of piperazine rings is 1. The fourth-order valence-corrected chi connectivity index (χ4v) is 3.88. The van der Waals surface area contributed by atoms with Gasteiger partial charge in [-0.1, -0.05) is 25.7 Å². The third kappa shape index (κ3) is 5.99. The van der Waals surface area contributed by atoms with Crippen molar-refractivity contribution in [2.75, 3.05) is 45.9 Å². The van der Waals surface area contributed by atoms with Gasteiger partial charge in [0.2, 0.25) is 0 Å². The van der Waals surface area contributed by atoms with E-state index in [1.165, 1.54) is 44.8 Å². The van der Waals surface area contributed by atoms with Crippen LogP contribution in [0, 0.1) is 0 Å². The lowest BCUT2D eigenvalue weighted by Gasteiger charge is -2.36. The Hall–Kier alpha value is -2.02. The van der Waals surface area contributed by atoms with Crippen molar-refractivity contribution in [1.82, 2.24) is 15.1 Å². The molecule has 2 aliphatic rings. The molecule has 2 heterocycles. The molecule has 1 aliphatic heterocycles. The molecule has 7 heteroatoms. The lowest BCUT2D eigenvalue weighted by Crippen LogP contribution is -2.53. The molecule has 2 fully saturated rings. The molecule has 28 heavy (non-hydrogen) atoms. The minimum absolute atomic E-state index is 0.0385. The third-order valence-corrected chi connectivity index (χ3v) is 5.44. The summed E-state index contributed by atoms with van der Waals surface area (Å²) in [7, 11) is 0. The smallest absolute Gasteiger partial charge is 0.289 e. The van der Waals surface area contributed by atoms with Gasteiger partial charge in [-0.25, -0.2) is 0 Å². The maximum absolute atomic E-state index is 12.4. The third-order valence-electron chi connectivity index (χ3n) is 5.44. The summed E-state index contributed by atoms with van der Waals surface area (Å²) in [6.07, 6.45) is 9.60. The number of guanidine groups is 1. The minimum Gasteiger partial charge on any atom is -0.459 e. The number of carbonyl (C=O) groups is 1. The molecule has 3 rings (SSSR count). The predicted molar refractivity (Wildman–Crippen MR) is 110 cm³/mol. The summed E-state index contributed by atoms with van der Waals surface area (Å²) in [5, 5.41) is 3.37. The zero-order valence-corrected chi connectivity index (χ0v) is 17.1. The monoisotopic (exact) mass is 390 g/mol. The lowest BCUT2D eigenvalue weighted by atomic mass is 10.1. The van der Waals surface area contributed by atoms with Gasteiger partial charge < -0.3 is 24.3 Å². The van der Waals surface area contributed by atoms with Gasteiger partial charge in [0.15, 0.2) is 11.7 Å². The van der Waals surface area contributed by atoms with Crippen LogP contribution in [-0.2, 0) is 4.74 Å². The molecule has 1 saturated carbocycles. The van der Waals surface area contributed by atoms with Crippen molar-refractivity contribution in [2.45, 2.75) is 51.6 Å². The molecule has 1 aromatic heterocycles. The van der Waals surface area contributed by atoms with Crippen molar-refractivity contribution >= 4 is 11.9 Å². The fraction of sp³-hybridized carbons (Fsp3) is 0.714. The van der Waals surface area contributed by atoms with Gasteiger partial charge in [0.25, 0.3) is 5.91 Å². The van der Waals surface area contributed by atoms with Gasteiger partial charge in [0.05, 0.1) is 25.5 Å². The average Bonchev–Trinajstić information content (AvgIpc) is 3.14. The number of hydrogen-bond acceptors (Lipinski definition) is 4. The highest BCUT2D eigenvalue weighted by atomic mass is 16.5. The van der Waals surface area contributed by atoms with Gasteiger partial charge in [0, 0.05) is 32.7 Å². The Labute approximate surface area is 168 Å². The SMILES string of the molecule is CCNC(=NCCOC1CCCCCC1)N1CCN(C(=O)c2ccco2)CC1. The van der Waals surface area contributed by atoms with E-state index in [2.05, 4.69) is 17.1 Å². The number of aliphatic imine (C=N–C) groups is 1. The molecular weight excluding hydrogens is 356 g/mol. The highest BCUT2D eigenvalue weighted by molar-refractivity contribution is 5.91. The Morgan fingerprint density at radius 2 is 1.89 bits per heavy atom. The first kappa shape index (κ1) is 20.7. The summed E-state index contributed by atoms with van der Waals surface area (Å²) in [5.74, 6) is 1.28. The number of carbonyl (C=O) groups excluding carboxylic acids is 1. The van der Waals surface area contributed by atoms with Gasteiger partial charge in [-0.3, -0.25) is 9.79 Å². The number of nitrogens with one attached hydrogen (secondary N) is 1. The quantitative estimate of drug-likeness (QED) is 0.350. The molecule has 1 saturated heterocycles. The largest absolute Gasteiger partial charge is 0.459 e. The maximum Gasteiger partial charge on any atom is 0.289 e. The number of furan rings is 1. The molecule has 1 N–H and O–H groups in total. The van der Waals surface area contributed by atoms with Crippen LogP contribution in [0.3, 0.4) is 0 Å². The van der Waals surface area contributed by atoms with E-state index in [0.29, 0.717) is 38.1 Å². The van der Waals surface area contributed by atoms with E-state index >= 15 is 0 Å². The standard InChI is InChI=1S/C21H34N4O3/c1-2-22-21(23-11-17-27-18-8-5-3-4-6-9-18)25-14-12-24(13-15-25)20(26)19-10-7-16-28-19/h7,10,16,18H,2-6,8-9,11-15,17H2,1H3,(H,22,23). The normalized spacial score (nSPS) is 19.5. The van der Waals surface area contributed by atoms with E-state index < -0.39 is 0 Å². The number of hydrogen-bond donors (Lipinski definition) is 1. The van der Waals surface area contributed by atoms with Crippen LogP contribution in [0.5, 0.6) is 0 Å². The molecule has 1 amide bonds. The van der Waals surface area contributed by atoms with Crippen LogP contribution < -0.4 is 5.32 Å². The number of amides is 1. The van der Waals surface area contributed by atoms with E-state index in [1.54, 1.807) is 12.1 Å². The first-order chi connectivity index (χ1) is 13.8. The molecule has 0 unspecified atom stereocenters. The number of rotatable bonds is 6. The zero-order valence-electron chi connectivity index (χ0n) is 17.1. The number of nitrogens with zero attached hydrogens (tertiary/aromatic N) is 3. The van der Waals surface area contributed by atoms with Crippen LogP contribution in [0.15, 0.2) is 27.8 Å². The maximum atomic E-state index is 12.4. The number of ether oxygens (including phenoxy) is 1.